The van der Waals surface area contributed by atoms with Crippen LogP contribution in [0.3, 0.4) is 0 Å². The fraction of sp³-hybridized carbons (Fsp3) is 0.364. The number of hydrogen-bond acceptors (Lipinski definition) is 4. The number of aryl methyl sites for hydroxylation is 1. The fourth-order valence-corrected chi connectivity index (χ4v) is 3.02. The Morgan fingerprint density at radius 3 is 2.52 bits per heavy atom. The van der Waals surface area contributed by atoms with Crippen molar-refractivity contribution in [1.29, 1.82) is 0 Å². The van der Waals surface area contributed by atoms with Crippen molar-refractivity contribution in [2.75, 3.05) is 13.1 Å². The lowest BCUT2D eigenvalue weighted by Crippen LogP contribution is -2.32. The van der Waals surface area contributed by atoms with Crippen LogP contribution in [0.1, 0.15) is 37.6 Å². The Bertz CT molecular complexity index is 995. The van der Waals surface area contributed by atoms with Gasteiger partial charge >= 0.3 is 0 Å². The first kappa shape index (κ1) is 20.5. The molecule has 0 saturated carbocycles. The number of aromatic nitrogens is 3. The van der Waals surface area contributed by atoms with Crippen molar-refractivity contribution < 1.29 is 9.59 Å². The Hall–Kier alpha value is -3.22. The number of hydrogen-bond donors (Lipinski definition) is 2. The highest BCUT2D eigenvalue weighted by molar-refractivity contribution is 6.06. The van der Waals surface area contributed by atoms with Crippen molar-refractivity contribution in [2.45, 2.75) is 33.7 Å². The van der Waals surface area contributed by atoms with Crippen molar-refractivity contribution in [1.82, 2.24) is 25.4 Å². The lowest BCUT2D eigenvalue weighted by atomic mass is 10.1. The summed E-state index contributed by atoms with van der Waals surface area (Å²) in [5.41, 5.74) is 2.94. The second-order valence-corrected chi connectivity index (χ2v) is 7.17. The molecule has 0 aliphatic rings. The largest absolute Gasteiger partial charge is 0.356 e. The molecular formula is C22H27N5O2. The van der Waals surface area contributed by atoms with E-state index >= 15 is 0 Å². The van der Waals surface area contributed by atoms with E-state index < -0.39 is 0 Å². The number of benzene rings is 1. The third kappa shape index (κ3) is 4.80. The zero-order valence-corrected chi connectivity index (χ0v) is 17.1. The Kier molecular flexibility index (Phi) is 6.59. The molecule has 0 atom stereocenters. The summed E-state index contributed by atoms with van der Waals surface area (Å²) in [6.45, 7) is 7.38. The van der Waals surface area contributed by atoms with Gasteiger partial charge in [0, 0.05) is 31.1 Å². The molecule has 2 aromatic heterocycles. The molecular weight excluding hydrogens is 366 g/mol. The number of amides is 2. The molecule has 0 spiro atoms. The van der Waals surface area contributed by atoms with Gasteiger partial charge in [0.1, 0.15) is 0 Å². The van der Waals surface area contributed by atoms with Crippen LogP contribution in [0.25, 0.3) is 22.3 Å². The molecule has 152 valence electrons. The number of pyridine rings is 1. The lowest BCUT2D eigenvalue weighted by Gasteiger charge is -2.10. The highest BCUT2D eigenvalue weighted by Gasteiger charge is 2.17. The minimum atomic E-state index is -0.166. The van der Waals surface area contributed by atoms with Gasteiger partial charge in [-0.25, -0.2) is 9.67 Å². The van der Waals surface area contributed by atoms with Crippen molar-refractivity contribution in [2.24, 2.45) is 5.92 Å². The molecule has 0 aliphatic carbocycles. The first-order valence-electron chi connectivity index (χ1n) is 9.99. The molecule has 3 rings (SSSR count). The quantitative estimate of drug-likeness (QED) is 0.576. The Labute approximate surface area is 170 Å². The van der Waals surface area contributed by atoms with E-state index in [2.05, 4.69) is 15.7 Å². The van der Waals surface area contributed by atoms with Gasteiger partial charge in [-0.1, -0.05) is 44.2 Å². The smallest absolute Gasteiger partial charge is 0.252 e. The lowest BCUT2D eigenvalue weighted by molar-refractivity contribution is -0.123. The second kappa shape index (κ2) is 9.32. The summed E-state index contributed by atoms with van der Waals surface area (Å²) in [5.74, 6) is -0.187. The van der Waals surface area contributed by atoms with Crippen LogP contribution in [0.4, 0.5) is 0 Å². The van der Waals surface area contributed by atoms with E-state index in [0.717, 1.165) is 16.6 Å². The van der Waals surface area contributed by atoms with E-state index in [-0.39, 0.29) is 17.7 Å². The third-order valence-corrected chi connectivity index (χ3v) is 4.69. The van der Waals surface area contributed by atoms with E-state index in [4.69, 9.17) is 4.98 Å². The molecule has 0 saturated heterocycles. The topological polar surface area (TPSA) is 88.9 Å². The minimum absolute atomic E-state index is 0.0200. The maximum Gasteiger partial charge on any atom is 0.252 e. The van der Waals surface area contributed by atoms with Crippen LogP contribution < -0.4 is 10.6 Å². The van der Waals surface area contributed by atoms with Gasteiger partial charge < -0.3 is 10.6 Å². The molecule has 0 aliphatic heterocycles. The van der Waals surface area contributed by atoms with E-state index in [9.17, 15) is 9.59 Å². The van der Waals surface area contributed by atoms with Gasteiger partial charge in [0.05, 0.1) is 22.8 Å². The molecule has 7 heteroatoms. The predicted octanol–water partition coefficient (Wildman–Crippen LogP) is 3.01. The maximum atomic E-state index is 12.9. The van der Waals surface area contributed by atoms with Gasteiger partial charge in [-0.3, -0.25) is 9.59 Å². The Morgan fingerprint density at radius 1 is 1.10 bits per heavy atom. The number of rotatable bonds is 8. The van der Waals surface area contributed by atoms with Crippen molar-refractivity contribution in [3.05, 3.63) is 48.2 Å². The number of carbonyl (C=O) groups is 2. The molecule has 2 amide bonds. The second-order valence-electron chi connectivity index (χ2n) is 7.17. The van der Waals surface area contributed by atoms with E-state index in [0.29, 0.717) is 37.3 Å². The zero-order chi connectivity index (χ0) is 20.8. The highest BCUT2D eigenvalue weighted by Crippen LogP contribution is 2.24. The SMILES string of the molecule is CCn1ncc2c(C(=O)NCCCNC(=O)C(C)C)cc(-c3ccccc3)nc21. The molecule has 0 unspecified atom stereocenters. The Balaban J connectivity index is 1.78. The molecule has 0 fully saturated rings. The predicted molar refractivity (Wildman–Crippen MR) is 113 cm³/mol. The summed E-state index contributed by atoms with van der Waals surface area (Å²) in [6.07, 6.45) is 2.36. The van der Waals surface area contributed by atoms with Crippen molar-refractivity contribution in [3.8, 4) is 11.3 Å². The van der Waals surface area contributed by atoms with E-state index in [1.54, 1.807) is 10.9 Å². The van der Waals surface area contributed by atoms with Gasteiger partial charge in [0.15, 0.2) is 5.65 Å². The summed E-state index contributed by atoms with van der Waals surface area (Å²) in [6, 6.07) is 11.6. The van der Waals surface area contributed by atoms with Crippen molar-refractivity contribution >= 4 is 22.8 Å². The maximum absolute atomic E-state index is 12.9. The summed E-state index contributed by atoms with van der Waals surface area (Å²) >= 11 is 0. The van der Waals surface area contributed by atoms with Gasteiger partial charge in [0.25, 0.3) is 5.91 Å². The van der Waals surface area contributed by atoms with Gasteiger partial charge in [-0.15, -0.1) is 0 Å². The summed E-state index contributed by atoms with van der Waals surface area (Å²) in [4.78, 5) is 29.2. The van der Waals surface area contributed by atoms with Crippen LogP contribution in [0, 0.1) is 5.92 Å². The molecule has 0 bridgehead atoms. The van der Waals surface area contributed by atoms with Crippen LogP contribution in [-0.2, 0) is 11.3 Å². The molecule has 7 nitrogen and oxygen atoms in total. The summed E-state index contributed by atoms with van der Waals surface area (Å²) in [5, 5.41) is 10.9. The minimum Gasteiger partial charge on any atom is -0.356 e. The zero-order valence-electron chi connectivity index (χ0n) is 17.1. The molecule has 2 N–H and O–H groups in total. The van der Waals surface area contributed by atoms with Gasteiger partial charge in [-0.05, 0) is 19.4 Å². The average Bonchev–Trinajstić information content (AvgIpc) is 3.16. The summed E-state index contributed by atoms with van der Waals surface area (Å²) in [7, 11) is 0. The molecule has 2 heterocycles. The van der Waals surface area contributed by atoms with Crippen LogP contribution >= 0.6 is 0 Å². The number of nitrogens with one attached hydrogen (secondary N) is 2. The third-order valence-electron chi connectivity index (χ3n) is 4.69. The standard InChI is InChI=1S/C22H27N5O2/c1-4-27-20-18(14-25-27)17(13-19(26-20)16-9-6-5-7-10-16)22(29)24-12-8-11-23-21(28)15(2)3/h5-7,9-10,13-15H,4,8,11-12H2,1-3H3,(H,23,28)(H,24,29). The summed E-state index contributed by atoms with van der Waals surface area (Å²) < 4.78 is 1.79. The number of carbonyl (C=O) groups excluding carboxylic acids is 2. The van der Waals surface area contributed by atoms with Crippen LogP contribution in [0.15, 0.2) is 42.6 Å². The van der Waals surface area contributed by atoms with Crippen LogP contribution in [0.2, 0.25) is 0 Å². The average molecular weight is 393 g/mol. The van der Waals surface area contributed by atoms with Crippen molar-refractivity contribution in [3.63, 3.8) is 0 Å². The fourth-order valence-electron chi connectivity index (χ4n) is 3.02. The first-order chi connectivity index (χ1) is 14.0. The van der Waals surface area contributed by atoms with Gasteiger partial charge in [-0.2, -0.15) is 5.10 Å². The molecule has 29 heavy (non-hydrogen) atoms. The first-order valence-corrected chi connectivity index (χ1v) is 9.99. The number of nitrogens with zero attached hydrogens (tertiary/aromatic N) is 3. The molecule has 0 radical (unpaired) electrons. The molecule has 3 aromatic rings. The normalized spacial score (nSPS) is 11.0. The monoisotopic (exact) mass is 393 g/mol. The van der Waals surface area contributed by atoms with Crippen LogP contribution in [0.5, 0.6) is 0 Å². The molecule has 1 aromatic carbocycles. The van der Waals surface area contributed by atoms with E-state index in [1.807, 2.05) is 57.2 Å². The highest BCUT2D eigenvalue weighted by atomic mass is 16.2. The Morgan fingerprint density at radius 2 is 1.83 bits per heavy atom. The van der Waals surface area contributed by atoms with Crippen LogP contribution in [-0.4, -0.2) is 39.7 Å². The van der Waals surface area contributed by atoms with Gasteiger partial charge in [0.2, 0.25) is 5.91 Å². The number of fused-ring (bicyclic) bond motifs is 1. The van der Waals surface area contributed by atoms with E-state index in [1.165, 1.54) is 0 Å².